The summed E-state index contributed by atoms with van der Waals surface area (Å²) in [4.78, 5) is 0. The second kappa shape index (κ2) is 4.40. The first-order valence-corrected chi connectivity index (χ1v) is 4.26. The van der Waals surface area contributed by atoms with E-state index in [1.807, 2.05) is 0 Å². The third-order valence-electron chi connectivity index (χ3n) is 1.75. The fourth-order valence-electron chi connectivity index (χ4n) is 0.991. The third kappa shape index (κ3) is 2.29. The first kappa shape index (κ1) is 10.2. The van der Waals surface area contributed by atoms with E-state index in [-0.39, 0.29) is 12.4 Å². The molecule has 0 aromatic heterocycles. The Bertz CT molecular complexity index is 334. The summed E-state index contributed by atoms with van der Waals surface area (Å²) in [5.41, 5.74) is 1.15. The Balaban J connectivity index is 3.11. The predicted molar refractivity (Wildman–Crippen MR) is 52.3 cm³/mol. The van der Waals surface area contributed by atoms with Crippen LogP contribution in [0.5, 0.6) is 0 Å². The van der Waals surface area contributed by atoms with E-state index in [1.54, 1.807) is 25.1 Å². The Kier molecular flexibility index (Phi) is 3.46. The Morgan fingerprint density at radius 3 is 2.85 bits per heavy atom. The van der Waals surface area contributed by atoms with Crippen molar-refractivity contribution in [2.45, 2.75) is 6.92 Å². The molecular weight excluding hydrogens is 191 g/mol. The normalized spacial score (nSPS) is 11.1. The van der Waals surface area contributed by atoms with E-state index in [0.717, 1.165) is 5.56 Å². The molecule has 0 bridgehead atoms. The topological polar surface area (TPSA) is 20.2 Å². The van der Waals surface area contributed by atoms with Crippen LogP contribution in [0.1, 0.15) is 11.1 Å². The van der Waals surface area contributed by atoms with Crippen molar-refractivity contribution in [1.29, 1.82) is 0 Å². The first-order chi connectivity index (χ1) is 6.16. The molecule has 0 atom stereocenters. The molecule has 1 N–H and O–H groups in total. The van der Waals surface area contributed by atoms with Gasteiger partial charge < -0.3 is 5.11 Å². The minimum absolute atomic E-state index is 0.0489. The van der Waals surface area contributed by atoms with E-state index in [2.05, 4.69) is 0 Å². The smallest absolute Gasteiger partial charge is 0.127 e. The summed E-state index contributed by atoms with van der Waals surface area (Å²) >= 11 is 5.86. The summed E-state index contributed by atoms with van der Waals surface area (Å²) in [5.74, 6) is -0.314. The zero-order chi connectivity index (χ0) is 9.84. The average molecular weight is 201 g/mol. The van der Waals surface area contributed by atoms with Crippen LogP contribution in [0.15, 0.2) is 18.2 Å². The van der Waals surface area contributed by atoms with Gasteiger partial charge in [-0.1, -0.05) is 29.8 Å². The van der Waals surface area contributed by atoms with Gasteiger partial charge in [0.1, 0.15) is 5.82 Å². The molecule has 1 nitrogen and oxygen atoms in total. The maximum absolute atomic E-state index is 12.9. The maximum atomic E-state index is 12.9. The van der Waals surface area contributed by atoms with Gasteiger partial charge in [0.2, 0.25) is 0 Å². The largest absolute Gasteiger partial charge is 0.392 e. The second-order valence-corrected chi connectivity index (χ2v) is 3.04. The van der Waals surface area contributed by atoms with Crippen molar-refractivity contribution in [2.24, 2.45) is 0 Å². The number of rotatable bonds is 2. The van der Waals surface area contributed by atoms with Gasteiger partial charge in [-0.3, -0.25) is 0 Å². The molecule has 0 fully saturated rings. The molecule has 3 heteroatoms. The van der Waals surface area contributed by atoms with Crippen LogP contribution in [0.4, 0.5) is 4.39 Å². The van der Waals surface area contributed by atoms with Crippen LogP contribution in [-0.2, 0) is 0 Å². The molecular formula is C10H10ClFO. The van der Waals surface area contributed by atoms with Crippen molar-refractivity contribution in [1.82, 2.24) is 0 Å². The Hall–Kier alpha value is -0.860. The van der Waals surface area contributed by atoms with Crippen molar-refractivity contribution < 1.29 is 9.50 Å². The van der Waals surface area contributed by atoms with Crippen LogP contribution in [0.3, 0.4) is 0 Å². The van der Waals surface area contributed by atoms with Gasteiger partial charge in [0.15, 0.2) is 0 Å². The number of hydrogen-bond acceptors (Lipinski definition) is 1. The first-order valence-electron chi connectivity index (χ1n) is 3.89. The SMILES string of the molecule is Cc1c(F)ccc(C=CCO)c1Cl. The van der Waals surface area contributed by atoms with Gasteiger partial charge in [-0.15, -0.1) is 0 Å². The van der Waals surface area contributed by atoms with Crippen molar-refractivity contribution in [3.8, 4) is 0 Å². The minimum Gasteiger partial charge on any atom is -0.392 e. The Morgan fingerprint density at radius 1 is 1.54 bits per heavy atom. The van der Waals surface area contributed by atoms with Crippen molar-refractivity contribution in [3.05, 3.63) is 40.2 Å². The lowest BCUT2D eigenvalue weighted by molar-refractivity contribution is 0.343. The summed E-state index contributed by atoms with van der Waals surface area (Å²) in [6.45, 7) is 1.57. The number of benzene rings is 1. The summed E-state index contributed by atoms with van der Waals surface area (Å²) in [6.07, 6.45) is 3.22. The van der Waals surface area contributed by atoms with Gasteiger partial charge in [-0.05, 0) is 18.6 Å². The molecule has 0 radical (unpaired) electrons. The maximum Gasteiger partial charge on any atom is 0.127 e. The molecule has 0 aliphatic carbocycles. The van der Waals surface area contributed by atoms with Gasteiger partial charge in [-0.2, -0.15) is 0 Å². The highest BCUT2D eigenvalue weighted by Gasteiger charge is 2.04. The molecule has 13 heavy (non-hydrogen) atoms. The van der Waals surface area contributed by atoms with Crippen LogP contribution in [-0.4, -0.2) is 11.7 Å². The molecule has 0 aliphatic rings. The van der Waals surface area contributed by atoms with Crippen molar-refractivity contribution in [2.75, 3.05) is 6.61 Å². The summed E-state index contributed by atoms with van der Waals surface area (Å²) < 4.78 is 12.9. The standard InChI is InChI=1S/C10H10ClFO/c1-7-9(12)5-4-8(10(7)11)3-2-6-13/h2-5,13H,6H2,1H3. The van der Waals surface area contributed by atoms with Crippen molar-refractivity contribution in [3.63, 3.8) is 0 Å². The molecule has 0 aliphatic heterocycles. The molecule has 0 amide bonds. The molecule has 0 heterocycles. The second-order valence-electron chi connectivity index (χ2n) is 2.66. The Morgan fingerprint density at radius 2 is 2.23 bits per heavy atom. The van der Waals surface area contributed by atoms with E-state index in [1.165, 1.54) is 6.07 Å². The zero-order valence-corrected chi connectivity index (χ0v) is 7.98. The van der Waals surface area contributed by atoms with Crippen molar-refractivity contribution >= 4 is 17.7 Å². The van der Waals surface area contributed by atoms with Crippen LogP contribution < -0.4 is 0 Å². The van der Waals surface area contributed by atoms with Crippen LogP contribution >= 0.6 is 11.6 Å². The molecule has 0 saturated heterocycles. The van der Waals surface area contributed by atoms with Gasteiger partial charge in [-0.25, -0.2) is 4.39 Å². The monoisotopic (exact) mass is 200 g/mol. The summed E-state index contributed by atoms with van der Waals surface area (Å²) in [5, 5.41) is 8.93. The lowest BCUT2D eigenvalue weighted by Gasteiger charge is -2.02. The molecule has 70 valence electrons. The fourth-order valence-corrected chi connectivity index (χ4v) is 1.21. The number of aliphatic hydroxyl groups excluding tert-OH is 1. The lowest BCUT2D eigenvalue weighted by Crippen LogP contribution is -1.86. The van der Waals surface area contributed by atoms with Crippen LogP contribution in [0.25, 0.3) is 6.08 Å². The van der Waals surface area contributed by atoms with Gasteiger partial charge in [0, 0.05) is 5.56 Å². The summed E-state index contributed by atoms with van der Waals surface area (Å²) in [7, 11) is 0. The predicted octanol–water partition coefficient (Wildman–Crippen LogP) is 2.79. The van der Waals surface area contributed by atoms with Crippen LogP contribution in [0.2, 0.25) is 5.02 Å². The van der Waals surface area contributed by atoms with Crippen LogP contribution in [0, 0.1) is 12.7 Å². The lowest BCUT2D eigenvalue weighted by atomic mass is 10.1. The molecule has 1 aromatic carbocycles. The summed E-state index contributed by atoms with van der Waals surface area (Å²) in [6, 6.07) is 2.94. The van der Waals surface area contributed by atoms with Gasteiger partial charge in [0.25, 0.3) is 0 Å². The molecule has 0 unspecified atom stereocenters. The quantitative estimate of drug-likeness (QED) is 0.779. The minimum atomic E-state index is -0.314. The fraction of sp³-hybridized carbons (Fsp3) is 0.200. The molecule has 1 rings (SSSR count). The molecule has 1 aromatic rings. The highest BCUT2D eigenvalue weighted by molar-refractivity contribution is 6.32. The van der Waals surface area contributed by atoms with Gasteiger partial charge in [0.05, 0.1) is 11.6 Å². The highest BCUT2D eigenvalue weighted by Crippen LogP contribution is 2.23. The van der Waals surface area contributed by atoms with E-state index in [4.69, 9.17) is 16.7 Å². The van der Waals surface area contributed by atoms with E-state index < -0.39 is 0 Å². The molecule has 0 saturated carbocycles. The Labute approximate surface area is 81.5 Å². The van der Waals surface area contributed by atoms with E-state index in [9.17, 15) is 4.39 Å². The third-order valence-corrected chi connectivity index (χ3v) is 2.25. The van der Waals surface area contributed by atoms with E-state index in [0.29, 0.717) is 10.6 Å². The number of hydrogen-bond donors (Lipinski definition) is 1. The average Bonchev–Trinajstić information content (AvgIpc) is 2.13. The zero-order valence-electron chi connectivity index (χ0n) is 7.22. The number of halogens is 2. The number of aliphatic hydroxyl groups is 1. The van der Waals surface area contributed by atoms with E-state index >= 15 is 0 Å². The molecule has 0 spiro atoms. The van der Waals surface area contributed by atoms with Gasteiger partial charge >= 0.3 is 0 Å². The highest BCUT2D eigenvalue weighted by atomic mass is 35.5.